The third kappa shape index (κ3) is 2.08. The summed E-state index contributed by atoms with van der Waals surface area (Å²) in [5.41, 5.74) is 0. The van der Waals surface area contributed by atoms with Crippen molar-refractivity contribution in [2.24, 2.45) is 17.8 Å². The number of carbonyl (C=O) groups is 2. The van der Waals surface area contributed by atoms with E-state index >= 15 is 0 Å². The average Bonchev–Trinajstić information content (AvgIpc) is 2.10. The zero-order valence-corrected chi connectivity index (χ0v) is 8.37. The van der Waals surface area contributed by atoms with E-state index in [2.05, 4.69) is 18.6 Å². The molecule has 3 heteroatoms. The minimum absolute atomic E-state index is 0.0393. The highest BCUT2D eigenvalue weighted by Crippen LogP contribution is 2.31. The van der Waals surface area contributed by atoms with Crippen LogP contribution < -0.4 is 0 Å². The summed E-state index contributed by atoms with van der Waals surface area (Å²) in [5, 5.41) is 0. The van der Waals surface area contributed by atoms with E-state index < -0.39 is 5.92 Å². The fourth-order valence-corrected chi connectivity index (χ4v) is 1.77. The maximum atomic E-state index is 11.4. The highest BCUT2D eigenvalue weighted by molar-refractivity contribution is 5.99. The van der Waals surface area contributed by atoms with Crippen molar-refractivity contribution in [3.05, 3.63) is 0 Å². The molecule has 0 bridgehead atoms. The number of esters is 1. The summed E-state index contributed by atoms with van der Waals surface area (Å²) in [6.07, 6.45) is 1.16. The number of Topliss-reactive ketones (excluding diaryl/α,β-unsaturated/α-hetero) is 1. The van der Waals surface area contributed by atoms with Crippen LogP contribution >= 0.6 is 0 Å². The first kappa shape index (κ1) is 10.2. The highest BCUT2D eigenvalue weighted by Gasteiger charge is 2.36. The minimum atomic E-state index is -0.504. The van der Waals surface area contributed by atoms with Gasteiger partial charge in [0.05, 0.1) is 7.11 Å². The van der Waals surface area contributed by atoms with Gasteiger partial charge in [-0.25, -0.2) is 0 Å². The summed E-state index contributed by atoms with van der Waals surface area (Å²) in [7, 11) is 1.33. The topological polar surface area (TPSA) is 43.4 Å². The lowest BCUT2D eigenvalue weighted by Gasteiger charge is -2.29. The molecule has 0 saturated heterocycles. The van der Waals surface area contributed by atoms with E-state index in [1.54, 1.807) is 0 Å². The first-order valence-corrected chi connectivity index (χ1v) is 4.66. The van der Waals surface area contributed by atoms with Crippen LogP contribution in [-0.4, -0.2) is 18.9 Å². The molecule has 3 atom stereocenters. The van der Waals surface area contributed by atoms with Gasteiger partial charge in [0, 0.05) is 6.42 Å². The van der Waals surface area contributed by atoms with Crippen molar-refractivity contribution >= 4 is 11.8 Å². The Morgan fingerprint density at radius 1 is 1.38 bits per heavy atom. The van der Waals surface area contributed by atoms with Gasteiger partial charge in [0.1, 0.15) is 11.7 Å². The number of ketones is 1. The smallest absolute Gasteiger partial charge is 0.316 e. The Hall–Kier alpha value is -0.860. The molecule has 0 aromatic carbocycles. The molecule has 3 unspecified atom stereocenters. The second kappa shape index (κ2) is 3.90. The van der Waals surface area contributed by atoms with Crippen molar-refractivity contribution in [2.75, 3.05) is 7.11 Å². The van der Waals surface area contributed by atoms with Gasteiger partial charge in [0.15, 0.2) is 0 Å². The first-order valence-electron chi connectivity index (χ1n) is 4.66. The quantitative estimate of drug-likeness (QED) is 0.457. The summed E-state index contributed by atoms with van der Waals surface area (Å²) in [6, 6.07) is 0. The molecule has 0 aliphatic heterocycles. The van der Waals surface area contributed by atoms with E-state index in [9.17, 15) is 9.59 Å². The lowest BCUT2D eigenvalue weighted by atomic mass is 9.75. The normalized spacial score (nSPS) is 34.4. The van der Waals surface area contributed by atoms with E-state index in [0.717, 1.165) is 0 Å². The number of carbonyl (C=O) groups excluding carboxylic acids is 2. The zero-order chi connectivity index (χ0) is 10.0. The highest BCUT2D eigenvalue weighted by atomic mass is 16.5. The summed E-state index contributed by atoms with van der Waals surface area (Å²) < 4.78 is 4.58. The number of hydrogen-bond acceptors (Lipinski definition) is 3. The predicted octanol–water partition coefficient (Wildman–Crippen LogP) is 1.41. The van der Waals surface area contributed by atoms with Crippen LogP contribution in [-0.2, 0) is 14.3 Å². The lowest BCUT2D eigenvalue weighted by Crippen LogP contribution is -2.35. The van der Waals surface area contributed by atoms with E-state index in [1.165, 1.54) is 7.11 Å². The molecule has 1 rings (SSSR count). The fourth-order valence-electron chi connectivity index (χ4n) is 1.77. The Kier molecular flexibility index (Phi) is 3.07. The molecule has 3 nitrogen and oxygen atoms in total. The third-order valence-corrected chi connectivity index (χ3v) is 2.98. The van der Waals surface area contributed by atoms with Gasteiger partial charge >= 0.3 is 5.97 Å². The van der Waals surface area contributed by atoms with E-state index in [1.807, 2.05) is 0 Å². The third-order valence-electron chi connectivity index (χ3n) is 2.98. The predicted molar refractivity (Wildman–Crippen MR) is 48.1 cm³/mol. The molecule has 1 saturated carbocycles. The molecule has 13 heavy (non-hydrogen) atoms. The minimum Gasteiger partial charge on any atom is -0.468 e. The van der Waals surface area contributed by atoms with Crippen LogP contribution in [0.5, 0.6) is 0 Å². The molecular weight excluding hydrogens is 168 g/mol. The number of methoxy groups -OCH3 is 1. The van der Waals surface area contributed by atoms with Crippen LogP contribution in [0.4, 0.5) is 0 Å². The van der Waals surface area contributed by atoms with Crippen molar-refractivity contribution in [1.82, 2.24) is 0 Å². The van der Waals surface area contributed by atoms with Crippen molar-refractivity contribution in [3.8, 4) is 0 Å². The summed E-state index contributed by atoms with van der Waals surface area (Å²) in [5.74, 6) is -0.00685. The molecule has 1 aliphatic rings. The number of hydrogen-bond donors (Lipinski definition) is 0. The zero-order valence-electron chi connectivity index (χ0n) is 8.37. The standard InChI is InChI=1S/C10H16O3/c1-6-4-8(10(12)13-3)9(11)5-7(6)2/h6-8H,4-5H2,1-3H3. The molecule has 74 valence electrons. The second-order valence-electron chi connectivity index (χ2n) is 3.94. The molecular formula is C10H16O3. The maximum absolute atomic E-state index is 11.4. The van der Waals surface area contributed by atoms with Crippen LogP contribution in [0.3, 0.4) is 0 Å². The summed E-state index contributed by atoms with van der Waals surface area (Å²) in [6.45, 7) is 4.13. The lowest BCUT2D eigenvalue weighted by molar-refractivity contribution is -0.152. The second-order valence-corrected chi connectivity index (χ2v) is 3.94. The van der Waals surface area contributed by atoms with Crippen LogP contribution in [0.15, 0.2) is 0 Å². The van der Waals surface area contributed by atoms with Gasteiger partial charge in [-0.05, 0) is 18.3 Å². The van der Waals surface area contributed by atoms with Crippen LogP contribution in [0, 0.1) is 17.8 Å². The fraction of sp³-hybridized carbons (Fsp3) is 0.800. The molecule has 0 N–H and O–H groups in total. The Morgan fingerprint density at radius 2 is 2.00 bits per heavy atom. The molecule has 0 aromatic heterocycles. The maximum Gasteiger partial charge on any atom is 0.316 e. The van der Waals surface area contributed by atoms with Crippen molar-refractivity contribution in [3.63, 3.8) is 0 Å². The largest absolute Gasteiger partial charge is 0.468 e. The molecule has 0 spiro atoms. The Labute approximate surface area is 78.5 Å². The van der Waals surface area contributed by atoms with Gasteiger partial charge in [0.25, 0.3) is 0 Å². The molecule has 1 aliphatic carbocycles. The molecule has 0 heterocycles. The molecule has 1 fully saturated rings. The monoisotopic (exact) mass is 184 g/mol. The van der Waals surface area contributed by atoms with E-state index in [4.69, 9.17) is 0 Å². The van der Waals surface area contributed by atoms with Crippen molar-refractivity contribution in [1.29, 1.82) is 0 Å². The molecule has 0 amide bonds. The van der Waals surface area contributed by atoms with Crippen molar-refractivity contribution < 1.29 is 14.3 Å². The number of rotatable bonds is 1. The van der Waals surface area contributed by atoms with Gasteiger partial charge in [-0.2, -0.15) is 0 Å². The van der Waals surface area contributed by atoms with E-state index in [0.29, 0.717) is 24.7 Å². The van der Waals surface area contributed by atoms with Gasteiger partial charge in [-0.3, -0.25) is 9.59 Å². The summed E-state index contributed by atoms with van der Waals surface area (Å²) >= 11 is 0. The van der Waals surface area contributed by atoms with Crippen LogP contribution in [0.25, 0.3) is 0 Å². The Bertz CT molecular complexity index is 222. The van der Waals surface area contributed by atoms with Crippen LogP contribution in [0.1, 0.15) is 26.7 Å². The van der Waals surface area contributed by atoms with Crippen LogP contribution in [0.2, 0.25) is 0 Å². The van der Waals surface area contributed by atoms with Gasteiger partial charge < -0.3 is 4.74 Å². The summed E-state index contributed by atoms with van der Waals surface area (Å²) in [4.78, 5) is 22.6. The van der Waals surface area contributed by atoms with Gasteiger partial charge in [0.2, 0.25) is 0 Å². The molecule has 0 radical (unpaired) electrons. The Morgan fingerprint density at radius 3 is 2.54 bits per heavy atom. The van der Waals surface area contributed by atoms with E-state index in [-0.39, 0.29) is 11.8 Å². The van der Waals surface area contributed by atoms with Gasteiger partial charge in [-0.1, -0.05) is 13.8 Å². The first-order chi connectivity index (χ1) is 6.06. The van der Waals surface area contributed by atoms with Crippen molar-refractivity contribution in [2.45, 2.75) is 26.7 Å². The number of ether oxygens (including phenoxy) is 1. The Balaban J connectivity index is 2.67. The van der Waals surface area contributed by atoms with Gasteiger partial charge in [-0.15, -0.1) is 0 Å². The molecule has 0 aromatic rings. The SMILES string of the molecule is COC(=O)C1CC(C)C(C)CC1=O. The average molecular weight is 184 g/mol.